The van der Waals surface area contributed by atoms with Crippen LogP contribution >= 0.6 is 11.6 Å². The Morgan fingerprint density at radius 3 is 2.70 bits per heavy atom. The molecule has 0 amide bonds. The maximum absolute atomic E-state index is 12.3. The molecule has 1 aliphatic heterocycles. The third kappa shape index (κ3) is 4.52. The van der Waals surface area contributed by atoms with E-state index >= 15 is 0 Å². The minimum absolute atomic E-state index is 0.0281. The van der Waals surface area contributed by atoms with Gasteiger partial charge in [-0.1, -0.05) is 23.7 Å². The van der Waals surface area contributed by atoms with Crippen LogP contribution in [0.5, 0.6) is 6.01 Å². The first-order valence-corrected chi connectivity index (χ1v) is 12.1. The maximum Gasteiger partial charge on any atom is 0.326 e. The first kappa shape index (κ1) is 22.0. The van der Waals surface area contributed by atoms with Gasteiger partial charge in [-0.05, 0) is 70.0 Å². The first-order chi connectivity index (χ1) is 16.0. The second-order valence-electron chi connectivity index (χ2n) is 9.09. The summed E-state index contributed by atoms with van der Waals surface area (Å²) in [6.07, 6.45) is 3.08. The van der Waals surface area contributed by atoms with Crippen LogP contribution in [0.25, 0.3) is 22.1 Å². The van der Waals surface area contributed by atoms with Gasteiger partial charge in [0.05, 0.1) is 28.2 Å². The lowest BCUT2D eigenvalue weighted by atomic mass is 10.0. The summed E-state index contributed by atoms with van der Waals surface area (Å²) in [6, 6.07) is 14.8. The number of H-pyrrole nitrogens is 1. The largest absolute Gasteiger partial charge is 0.462 e. The molecule has 8 heteroatoms. The number of hydrogen-bond acceptors (Lipinski definition) is 4. The fourth-order valence-electron chi connectivity index (χ4n) is 4.88. The van der Waals surface area contributed by atoms with E-state index in [1.54, 1.807) is 0 Å². The van der Waals surface area contributed by atoms with Crippen molar-refractivity contribution in [2.75, 3.05) is 19.6 Å². The van der Waals surface area contributed by atoms with Crippen molar-refractivity contribution < 1.29 is 4.74 Å². The third-order valence-electron chi connectivity index (χ3n) is 6.42. The highest BCUT2D eigenvalue weighted by atomic mass is 35.5. The Morgan fingerprint density at radius 1 is 1.12 bits per heavy atom. The fraction of sp³-hybridized carbons (Fsp3) is 0.440. The molecule has 1 aliphatic rings. The Hall–Kier alpha value is -2.77. The topological polar surface area (TPSA) is 68.1 Å². The summed E-state index contributed by atoms with van der Waals surface area (Å²) in [5, 5.41) is 0.687. The second-order valence-corrected chi connectivity index (χ2v) is 9.53. The number of hydrogen-bond donors (Lipinski definition) is 1. The van der Waals surface area contributed by atoms with Crippen molar-refractivity contribution in [1.29, 1.82) is 0 Å². The molecule has 2 aromatic carbocycles. The molecule has 33 heavy (non-hydrogen) atoms. The van der Waals surface area contributed by atoms with Crippen molar-refractivity contribution in [1.82, 2.24) is 24.0 Å². The van der Waals surface area contributed by atoms with Crippen LogP contribution in [-0.2, 0) is 6.54 Å². The van der Waals surface area contributed by atoms with Crippen LogP contribution in [0.15, 0.2) is 47.3 Å². The third-order valence-corrected chi connectivity index (χ3v) is 6.66. The van der Waals surface area contributed by atoms with Gasteiger partial charge < -0.3 is 14.6 Å². The van der Waals surface area contributed by atoms with E-state index in [-0.39, 0.29) is 11.8 Å². The van der Waals surface area contributed by atoms with Crippen LogP contribution in [0.1, 0.15) is 39.2 Å². The molecule has 0 unspecified atom stereocenters. The summed E-state index contributed by atoms with van der Waals surface area (Å²) in [5.74, 6) is 0. The Kier molecular flexibility index (Phi) is 6.17. The molecule has 1 saturated heterocycles. The number of aryl methyl sites for hydroxylation is 1. The van der Waals surface area contributed by atoms with Crippen LogP contribution in [-0.4, -0.2) is 49.7 Å². The predicted molar refractivity (Wildman–Crippen MR) is 132 cm³/mol. The first-order valence-electron chi connectivity index (χ1n) is 11.7. The molecule has 0 atom stereocenters. The predicted octanol–water partition coefficient (Wildman–Crippen LogP) is 4.85. The standard InChI is InChI=1S/C25H30ClN5O2/c1-17(2)33-25-28-21-16-18(26)8-9-23(21)31(25)19-10-14-29(15-11-19)12-5-13-30-22-7-4-3-6-20(22)27-24(30)32/h3-4,6-9,16-17,19H,5,10-15H2,1-2H3,(H,27,32). The molecule has 0 bridgehead atoms. The van der Waals surface area contributed by atoms with Gasteiger partial charge in [0.15, 0.2) is 0 Å². The summed E-state index contributed by atoms with van der Waals surface area (Å²) in [4.78, 5) is 22.5. The number of benzene rings is 2. The molecule has 0 saturated carbocycles. The summed E-state index contributed by atoms with van der Waals surface area (Å²) in [5.41, 5.74) is 3.80. The number of fused-ring (bicyclic) bond motifs is 2. The van der Waals surface area contributed by atoms with Crippen molar-refractivity contribution in [3.05, 3.63) is 58.0 Å². The number of aromatic amines is 1. The lowest BCUT2D eigenvalue weighted by Gasteiger charge is -2.33. The Labute approximate surface area is 197 Å². The number of piperidine rings is 1. The Morgan fingerprint density at radius 2 is 1.91 bits per heavy atom. The van der Waals surface area contributed by atoms with Crippen LogP contribution in [0.3, 0.4) is 0 Å². The van der Waals surface area contributed by atoms with Gasteiger partial charge in [-0.3, -0.25) is 9.13 Å². The lowest BCUT2D eigenvalue weighted by Crippen LogP contribution is -2.36. The molecule has 1 N–H and O–H groups in total. The van der Waals surface area contributed by atoms with Crippen LogP contribution in [0, 0.1) is 0 Å². The SMILES string of the molecule is CC(C)Oc1nc2cc(Cl)ccc2n1C1CCN(CCCn2c(=O)[nH]c3ccccc32)CC1. The van der Waals surface area contributed by atoms with Crippen LogP contribution in [0.4, 0.5) is 0 Å². The van der Waals surface area contributed by atoms with Crippen LogP contribution < -0.4 is 10.4 Å². The van der Waals surface area contributed by atoms with Gasteiger partial charge in [0.1, 0.15) is 0 Å². The van der Waals surface area contributed by atoms with Gasteiger partial charge in [-0.15, -0.1) is 0 Å². The summed E-state index contributed by atoms with van der Waals surface area (Å²) >= 11 is 6.20. The Balaban J connectivity index is 1.23. The minimum Gasteiger partial charge on any atom is -0.462 e. The molecule has 0 aliphatic carbocycles. The highest BCUT2D eigenvalue weighted by Crippen LogP contribution is 2.33. The van der Waals surface area contributed by atoms with E-state index in [4.69, 9.17) is 21.3 Å². The Bertz CT molecular complexity index is 1310. The van der Waals surface area contributed by atoms with Crippen molar-refractivity contribution in [3.63, 3.8) is 0 Å². The average molecular weight is 468 g/mol. The molecule has 5 rings (SSSR count). The fourth-order valence-corrected chi connectivity index (χ4v) is 5.05. The van der Waals surface area contributed by atoms with Gasteiger partial charge in [0.25, 0.3) is 6.01 Å². The van der Waals surface area contributed by atoms with E-state index < -0.39 is 0 Å². The van der Waals surface area contributed by atoms with E-state index in [2.05, 4.69) is 14.5 Å². The quantitative estimate of drug-likeness (QED) is 0.422. The zero-order valence-electron chi connectivity index (χ0n) is 19.1. The van der Waals surface area contributed by atoms with Gasteiger partial charge >= 0.3 is 5.69 Å². The van der Waals surface area contributed by atoms with Crippen molar-refractivity contribution in [2.45, 2.75) is 51.8 Å². The summed E-state index contributed by atoms with van der Waals surface area (Å²) in [7, 11) is 0. The summed E-state index contributed by atoms with van der Waals surface area (Å²) in [6.45, 7) is 7.79. The van der Waals surface area contributed by atoms with E-state index in [1.165, 1.54) is 0 Å². The van der Waals surface area contributed by atoms with Crippen molar-refractivity contribution in [2.24, 2.45) is 0 Å². The highest BCUT2D eigenvalue weighted by molar-refractivity contribution is 6.31. The number of halogens is 1. The molecule has 0 spiro atoms. The average Bonchev–Trinajstić information content (AvgIpc) is 3.30. The zero-order valence-corrected chi connectivity index (χ0v) is 19.9. The number of para-hydroxylation sites is 2. The van der Waals surface area contributed by atoms with Crippen LogP contribution in [0.2, 0.25) is 5.02 Å². The second kappa shape index (κ2) is 9.23. The van der Waals surface area contributed by atoms with Gasteiger partial charge in [0, 0.05) is 30.7 Å². The number of rotatable bonds is 7. The molecule has 0 radical (unpaired) electrons. The zero-order chi connectivity index (χ0) is 22.9. The summed E-state index contributed by atoms with van der Waals surface area (Å²) < 4.78 is 10.2. The molecular formula is C25H30ClN5O2. The minimum atomic E-state index is -0.0281. The molecule has 1 fully saturated rings. The number of ether oxygens (including phenoxy) is 1. The van der Waals surface area contributed by atoms with E-state index in [1.807, 2.05) is 60.9 Å². The molecular weight excluding hydrogens is 438 g/mol. The van der Waals surface area contributed by atoms with Crippen molar-refractivity contribution >= 4 is 33.7 Å². The number of likely N-dealkylation sites (tertiary alicyclic amines) is 1. The normalized spacial score (nSPS) is 15.8. The van der Waals surface area contributed by atoms with E-state index in [9.17, 15) is 4.79 Å². The van der Waals surface area contributed by atoms with E-state index in [0.29, 0.717) is 17.1 Å². The number of aromatic nitrogens is 4. The molecule has 174 valence electrons. The molecule has 7 nitrogen and oxygen atoms in total. The van der Waals surface area contributed by atoms with E-state index in [0.717, 1.165) is 67.5 Å². The molecule has 4 aromatic rings. The molecule has 2 aromatic heterocycles. The van der Waals surface area contributed by atoms with Gasteiger partial charge in [0.2, 0.25) is 0 Å². The number of imidazole rings is 2. The number of nitrogens with zero attached hydrogens (tertiary/aromatic N) is 4. The van der Waals surface area contributed by atoms with Crippen molar-refractivity contribution in [3.8, 4) is 6.01 Å². The smallest absolute Gasteiger partial charge is 0.326 e. The lowest BCUT2D eigenvalue weighted by molar-refractivity contribution is 0.163. The molecule has 3 heterocycles. The maximum atomic E-state index is 12.3. The van der Waals surface area contributed by atoms with Gasteiger partial charge in [-0.2, -0.15) is 4.98 Å². The van der Waals surface area contributed by atoms with Gasteiger partial charge in [-0.25, -0.2) is 4.79 Å². The number of nitrogens with one attached hydrogen (secondary N) is 1. The highest BCUT2D eigenvalue weighted by Gasteiger charge is 2.25. The monoisotopic (exact) mass is 467 g/mol.